The summed E-state index contributed by atoms with van der Waals surface area (Å²) in [6.45, 7) is 8.37. The lowest BCUT2D eigenvalue weighted by molar-refractivity contribution is -0.129. The molecule has 0 atom stereocenters. The minimum Gasteiger partial charge on any atom is -0.345 e. The molecule has 0 fully saturated rings. The van der Waals surface area contributed by atoms with E-state index in [2.05, 4.69) is 20.1 Å². The zero-order chi connectivity index (χ0) is 20.3. The van der Waals surface area contributed by atoms with Crippen molar-refractivity contribution in [3.63, 3.8) is 0 Å². The van der Waals surface area contributed by atoms with Gasteiger partial charge in [-0.3, -0.25) is 9.78 Å². The summed E-state index contributed by atoms with van der Waals surface area (Å²) >= 11 is 0. The first kappa shape index (κ1) is 19.7. The lowest BCUT2D eigenvalue weighted by atomic mass is 10.1. The summed E-state index contributed by atoms with van der Waals surface area (Å²) in [4.78, 5) is 27.8. The van der Waals surface area contributed by atoms with Crippen LogP contribution in [0.15, 0.2) is 30.5 Å². The van der Waals surface area contributed by atoms with E-state index in [1.165, 1.54) is 0 Å². The molecule has 3 aromatic heterocycles. The van der Waals surface area contributed by atoms with Crippen LogP contribution >= 0.6 is 0 Å². The number of pyridine rings is 1. The Balaban J connectivity index is 1.73. The van der Waals surface area contributed by atoms with Gasteiger partial charge in [0.1, 0.15) is 0 Å². The van der Waals surface area contributed by atoms with Crippen molar-refractivity contribution in [1.82, 2.24) is 29.6 Å². The summed E-state index contributed by atoms with van der Waals surface area (Å²) in [6.07, 6.45) is 2.81. The smallest absolute Gasteiger partial charge is 0.251 e. The lowest BCUT2D eigenvalue weighted by Gasteiger charge is -2.17. The predicted molar refractivity (Wildman–Crippen MR) is 107 cm³/mol. The molecule has 3 heterocycles. The number of likely N-dealkylation sites (N-methyl/N-ethyl adjacent to an activating group) is 1. The van der Waals surface area contributed by atoms with Gasteiger partial charge in [0.05, 0.1) is 12.1 Å². The first-order valence-corrected chi connectivity index (χ1v) is 9.36. The monoisotopic (exact) mass is 378 g/mol. The second-order valence-electron chi connectivity index (χ2n) is 7.08. The number of amides is 1. The van der Waals surface area contributed by atoms with Gasteiger partial charge in [0.2, 0.25) is 5.91 Å². The number of nitrogens with zero attached hydrogens (tertiary/aromatic N) is 6. The van der Waals surface area contributed by atoms with Gasteiger partial charge in [-0.15, -0.1) is 0 Å². The summed E-state index contributed by atoms with van der Waals surface area (Å²) in [5, 5.41) is 4.58. The van der Waals surface area contributed by atoms with Crippen LogP contribution in [0.3, 0.4) is 0 Å². The Bertz CT molecular complexity index is 960. The van der Waals surface area contributed by atoms with Crippen LogP contribution in [0.5, 0.6) is 0 Å². The molecule has 28 heavy (non-hydrogen) atoms. The SMILES string of the molecule is Cc1cc(C)nc(-n2nc(C)c(CC(=O)N(C)CCc3ccccn3)c2C)n1. The number of hydrogen-bond donors (Lipinski definition) is 0. The molecule has 0 unspecified atom stereocenters. The molecule has 0 saturated carbocycles. The second kappa shape index (κ2) is 8.29. The Kier molecular flexibility index (Phi) is 5.82. The van der Waals surface area contributed by atoms with Crippen molar-refractivity contribution in [2.45, 2.75) is 40.5 Å². The van der Waals surface area contributed by atoms with Crippen LogP contribution in [-0.4, -0.2) is 49.1 Å². The first-order chi connectivity index (χ1) is 13.3. The summed E-state index contributed by atoms with van der Waals surface area (Å²) in [7, 11) is 1.83. The largest absolute Gasteiger partial charge is 0.345 e. The summed E-state index contributed by atoms with van der Waals surface area (Å²) in [5.74, 6) is 0.600. The molecule has 3 aromatic rings. The molecule has 7 nitrogen and oxygen atoms in total. The minimum absolute atomic E-state index is 0.0584. The Morgan fingerprint density at radius 1 is 1.11 bits per heavy atom. The van der Waals surface area contributed by atoms with Crippen LogP contribution in [0, 0.1) is 27.7 Å². The predicted octanol–water partition coefficient (Wildman–Crippen LogP) is 2.53. The zero-order valence-electron chi connectivity index (χ0n) is 17.1. The van der Waals surface area contributed by atoms with Crippen molar-refractivity contribution in [2.75, 3.05) is 13.6 Å². The maximum absolute atomic E-state index is 12.7. The van der Waals surface area contributed by atoms with E-state index < -0.39 is 0 Å². The van der Waals surface area contributed by atoms with E-state index in [-0.39, 0.29) is 5.91 Å². The molecule has 0 saturated heterocycles. The highest BCUT2D eigenvalue weighted by molar-refractivity contribution is 5.79. The number of aromatic nitrogens is 5. The highest BCUT2D eigenvalue weighted by Crippen LogP contribution is 2.18. The molecule has 0 aliphatic carbocycles. The van der Waals surface area contributed by atoms with Gasteiger partial charge in [0.15, 0.2) is 0 Å². The molecule has 0 spiro atoms. The Labute approximate surface area is 165 Å². The van der Waals surface area contributed by atoms with Crippen molar-refractivity contribution in [1.29, 1.82) is 0 Å². The van der Waals surface area contributed by atoms with Crippen LogP contribution < -0.4 is 0 Å². The Morgan fingerprint density at radius 3 is 2.46 bits per heavy atom. The third-order valence-electron chi connectivity index (χ3n) is 4.78. The molecular formula is C21H26N6O. The molecule has 0 N–H and O–H groups in total. The average molecular weight is 378 g/mol. The van der Waals surface area contributed by atoms with Gasteiger partial charge < -0.3 is 4.90 Å². The second-order valence-corrected chi connectivity index (χ2v) is 7.08. The highest BCUT2D eigenvalue weighted by Gasteiger charge is 2.19. The van der Waals surface area contributed by atoms with Crippen LogP contribution in [0.1, 0.15) is 34.0 Å². The Hall–Kier alpha value is -3.09. The molecule has 146 valence electrons. The van der Waals surface area contributed by atoms with Gasteiger partial charge in [-0.05, 0) is 45.9 Å². The summed E-state index contributed by atoms with van der Waals surface area (Å²) in [5.41, 5.74) is 5.41. The van der Waals surface area contributed by atoms with Crippen LogP contribution in [-0.2, 0) is 17.6 Å². The number of hydrogen-bond acceptors (Lipinski definition) is 5. The number of carbonyl (C=O) groups excluding carboxylic acids is 1. The van der Waals surface area contributed by atoms with Crippen molar-refractivity contribution < 1.29 is 4.79 Å². The average Bonchev–Trinajstić information content (AvgIpc) is 2.94. The molecule has 0 aromatic carbocycles. The maximum Gasteiger partial charge on any atom is 0.251 e. The fraction of sp³-hybridized carbons (Fsp3) is 0.381. The van der Waals surface area contributed by atoms with Gasteiger partial charge in [0, 0.05) is 54.5 Å². The van der Waals surface area contributed by atoms with E-state index in [4.69, 9.17) is 0 Å². The Morgan fingerprint density at radius 2 is 1.82 bits per heavy atom. The van der Waals surface area contributed by atoms with E-state index in [0.717, 1.165) is 40.5 Å². The van der Waals surface area contributed by atoms with Gasteiger partial charge in [0.25, 0.3) is 5.95 Å². The van der Waals surface area contributed by atoms with Gasteiger partial charge >= 0.3 is 0 Å². The van der Waals surface area contributed by atoms with Crippen LogP contribution in [0.4, 0.5) is 0 Å². The fourth-order valence-electron chi connectivity index (χ4n) is 3.17. The van der Waals surface area contributed by atoms with Gasteiger partial charge in [-0.25, -0.2) is 14.6 Å². The van der Waals surface area contributed by atoms with E-state index >= 15 is 0 Å². The quantitative estimate of drug-likeness (QED) is 0.659. The van der Waals surface area contributed by atoms with Gasteiger partial charge in [-0.2, -0.15) is 5.10 Å². The molecule has 7 heteroatoms. The molecule has 0 radical (unpaired) electrons. The number of aryl methyl sites for hydroxylation is 3. The third kappa shape index (κ3) is 4.42. The molecule has 0 aliphatic heterocycles. The van der Waals surface area contributed by atoms with Crippen LogP contribution in [0.25, 0.3) is 5.95 Å². The number of carbonyl (C=O) groups is 1. The molecular weight excluding hydrogens is 352 g/mol. The lowest BCUT2D eigenvalue weighted by Crippen LogP contribution is -2.30. The summed E-state index contributed by atoms with van der Waals surface area (Å²) in [6, 6.07) is 7.75. The standard InChI is InChI=1S/C21H26N6O/c1-14-12-15(2)24-21(23-14)27-17(4)19(16(3)25-27)13-20(28)26(5)11-9-18-8-6-7-10-22-18/h6-8,10,12H,9,11,13H2,1-5H3. The van der Waals surface area contributed by atoms with Crippen LogP contribution in [0.2, 0.25) is 0 Å². The van der Waals surface area contributed by atoms with Gasteiger partial charge in [-0.1, -0.05) is 6.07 Å². The van der Waals surface area contributed by atoms with Crippen molar-refractivity contribution in [2.24, 2.45) is 0 Å². The van der Waals surface area contributed by atoms with E-state index in [0.29, 0.717) is 18.9 Å². The van der Waals surface area contributed by atoms with E-state index in [1.807, 2.05) is 59.0 Å². The first-order valence-electron chi connectivity index (χ1n) is 9.36. The molecule has 0 aliphatic rings. The highest BCUT2D eigenvalue weighted by atomic mass is 16.2. The zero-order valence-corrected chi connectivity index (χ0v) is 17.1. The minimum atomic E-state index is 0.0584. The van der Waals surface area contributed by atoms with E-state index in [1.54, 1.807) is 15.8 Å². The van der Waals surface area contributed by atoms with E-state index in [9.17, 15) is 4.79 Å². The summed E-state index contributed by atoms with van der Waals surface area (Å²) < 4.78 is 1.73. The van der Waals surface area contributed by atoms with Crippen molar-refractivity contribution in [3.8, 4) is 5.95 Å². The van der Waals surface area contributed by atoms with Crippen molar-refractivity contribution in [3.05, 3.63) is 64.5 Å². The normalized spacial score (nSPS) is 10.9. The topological polar surface area (TPSA) is 76.8 Å². The molecule has 3 rings (SSSR count). The fourth-order valence-corrected chi connectivity index (χ4v) is 3.17. The number of rotatable bonds is 6. The van der Waals surface area contributed by atoms with Crippen molar-refractivity contribution >= 4 is 5.91 Å². The maximum atomic E-state index is 12.7. The third-order valence-corrected chi connectivity index (χ3v) is 4.78. The molecule has 0 bridgehead atoms. The molecule has 1 amide bonds.